The smallest absolute Gasteiger partial charge is 0.240 e. The molecule has 0 fully saturated rings. The van der Waals surface area contributed by atoms with E-state index < -0.39 is 0 Å². The SMILES string of the molecule is C=CCNCc1nc(-c2cccnc2)no1. The average molecular weight is 216 g/mol. The summed E-state index contributed by atoms with van der Waals surface area (Å²) in [5.74, 6) is 1.12. The summed E-state index contributed by atoms with van der Waals surface area (Å²) in [6, 6.07) is 3.72. The fraction of sp³-hybridized carbons (Fsp3) is 0.182. The van der Waals surface area contributed by atoms with Crippen LogP contribution in [0, 0.1) is 0 Å². The number of aromatic nitrogens is 3. The van der Waals surface area contributed by atoms with Gasteiger partial charge < -0.3 is 9.84 Å². The van der Waals surface area contributed by atoms with Gasteiger partial charge in [0.15, 0.2) is 0 Å². The lowest BCUT2D eigenvalue weighted by atomic mass is 10.3. The second-order valence-corrected chi connectivity index (χ2v) is 3.17. The Morgan fingerprint density at radius 3 is 3.19 bits per heavy atom. The Labute approximate surface area is 93.2 Å². The second-order valence-electron chi connectivity index (χ2n) is 3.17. The van der Waals surface area contributed by atoms with Crippen LogP contribution in [0.4, 0.5) is 0 Å². The van der Waals surface area contributed by atoms with Crippen LogP contribution in [0.25, 0.3) is 11.4 Å². The van der Waals surface area contributed by atoms with Crippen molar-refractivity contribution < 1.29 is 4.52 Å². The van der Waals surface area contributed by atoms with E-state index in [0.29, 0.717) is 24.8 Å². The van der Waals surface area contributed by atoms with Gasteiger partial charge in [-0.2, -0.15) is 4.98 Å². The monoisotopic (exact) mass is 216 g/mol. The third kappa shape index (κ3) is 2.52. The van der Waals surface area contributed by atoms with E-state index >= 15 is 0 Å². The van der Waals surface area contributed by atoms with Gasteiger partial charge in [0, 0.05) is 24.5 Å². The van der Waals surface area contributed by atoms with Crippen molar-refractivity contribution >= 4 is 0 Å². The highest BCUT2D eigenvalue weighted by Gasteiger charge is 2.07. The number of nitrogens with one attached hydrogen (secondary N) is 1. The van der Waals surface area contributed by atoms with Gasteiger partial charge in [-0.05, 0) is 12.1 Å². The zero-order valence-corrected chi connectivity index (χ0v) is 8.76. The van der Waals surface area contributed by atoms with E-state index in [4.69, 9.17) is 4.52 Å². The summed E-state index contributed by atoms with van der Waals surface area (Å²) >= 11 is 0. The van der Waals surface area contributed by atoms with E-state index in [-0.39, 0.29) is 0 Å². The molecule has 2 aromatic heterocycles. The van der Waals surface area contributed by atoms with Gasteiger partial charge in [0.1, 0.15) is 0 Å². The highest BCUT2D eigenvalue weighted by atomic mass is 16.5. The van der Waals surface area contributed by atoms with Crippen LogP contribution >= 0.6 is 0 Å². The maximum Gasteiger partial charge on any atom is 0.240 e. The summed E-state index contributed by atoms with van der Waals surface area (Å²) in [5.41, 5.74) is 0.848. The van der Waals surface area contributed by atoms with Crippen LogP contribution in [0.5, 0.6) is 0 Å². The molecule has 0 aliphatic carbocycles. The standard InChI is InChI=1S/C11H12N4O/c1-2-5-12-8-10-14-11(15-16-10)9-4-3-6-13-7-9/h2-4,6-7,12H,1,5,8H2. The number of hydrogen-bond acceptors (Lipinski definition) is 5. The molecule has 2 heterocycles. The molecule has 0 aromatic carbocycles. The first-order chi connectivity index (χ1) is 7.90. The minimum Gasteiger partial charge on any atom is -0.338 e. The van der Waals surface area contributed by atoms with Crippen molar-refractivity contribution in [2.24, 2.45) is 0 Å². The zero-order chi connectivity index (χ0) is 11.2. The van der Waals surface area contributed by atoms with Crippen LogP contribution in [0.15, 0.2) is 41.7 Å². The average Bonchev–Trinajstić information content (AvgIpc) is 2.79. The maximum atomic E-state index is 5.08. The molecule has 0 atom stereocenters. The molecule has 0 saturated heterocycles. The van der Waals surface area contributed by atoms with Crippen molar-refractivity contribution in [1.82, 2.24) is 20.4 Å². The molecule has 5 heteroatoms. The summed E-state index contributed by atoms with van der Waals surface area (Å²) < 4.78 is 5.08. The topological polar surface area (TPSA) is 63.8 Å². The van der Waals surface area contributed by atoms with Crippen molar-refractivity contribution in [1.29, 1.82) is 0 Å². The predicted octanol–water partition coefficient (Wildman–Crippen LogP) is 1.41. The summed E-state index contributed by atoms with van der Waals surface area (Å²) in [6.45, 7) is 4.86. The molecule has 0 unspecified atom stereocenters. The molecular formula is C11H12N4O. The largest absolute Gasteiger partial charge is 0.338 e. The van der Waals surface area contributed by atoms with Crippen molar-refractivity contribution in [3.05, 3.63) is 43.1 Å². The third-order valence-electron chi connectivity index (χ3n) is 1.95. The first kappa shape index (κ1) is 10.5. The van der Waals surface area contributed by atoms with Crippen LogP contribution in [0.3, 0.4) is 0 Å². The lowest BCUT2D eigenvalue weighted by molar-refractivity contribution is 0.370. The molecule has 2 rings (SSSR count). The van der Waals surface area contributed by atoms with Crippen LogP contribution in [0.2, 0.25) is 0 Å². The zero-order valence-electron chi connectivity index (χ0n) is 8.76. The van der Waals surface area contributed by atoms with Gasteiger partial charge in [-0.3, -0.25) is 4.98 Å². The van der Waals surface area contributed by atoms with Gasteiger partial charge in [-0.25, -0.2) is 0 Å². The number of nitrogens with zero attached hydrogens (tertiary/aromatic N) is 3. The van der Waals surface area contributed by atoms with E-state index in [2.05, 4.69) is 27.0 Å². The van der Waals surface area contributed by atoms with Crippen molar-refractivity contribution in [3.8, 4) is 11.4 Å². The Bertz CT molecular complexity index is 452. The Morgan fingerprint density at radius 1 is 1.50 bits per heavy atom. The molecule has 0 aliphatic rings. The predicted molar refractivity (Wildman–Crippen MR) is 59.4 cm³/mol. The van der Waals surface area contributed by atoms with Gasteiger partial charge in [-0.1, -0.05) is 11.2 Å². The Morgan fingerprint density at radius 2 is 2.44 bits per heavy atom. The molecule has 0 aliphatic heterocycles. The minimum absolute atomic E-state index is 0.541. The van der Waals surface area contributed by atoms with Crippen molar-refractivity contribution in [2.45, 2.75) is 6.54 Å². The van der Waals surface area contributed by atoms with E-state index in [1.54, 1.807) is 18.5 Å². The summed E-state index contributed by atoms with van der Waals surface area (Å²) in [7, 11) is 0. The number of rotatable bonds is 5. The van der Waals surface area contributed by atoms with Crippen LogP contribution in [-0.2, 0) is 6.54 Å². The normalized spacial score (nSPS) is 10.2. The lowest BCUT2D eigenvalue weighted by Crippen LogP contribution is -2.12. The molecule has 0 amide bonds. The maximum absolute atomic E-state index is 5.08. The highest BCUT2D eigenvalue weighted by Crippen LogP contribution is 2.13. The fourth-order valence-corrected chi connectivity index (χ4v) is 1.22. The molecule has 16 heavy (non-hydrogen) atoms. The van der Waals surface area contributed by atoms with Crippen LogP contribution in [-0.4, -0.2) is 21.7 Å². The van der Waals surface area contributed by atoms with Crippen molar-refractivity contribution in [2.75, 3.05) is 6.54 Å². The summed E-state index contributed by atoms with van der Waals surface area (Å²) in [4.78, 5) is 8.23. The van der Waals surface area contributed by atoms with Crippen LogP contribution in [0.1, 0.15) is 5.89 Å². The van der Waals surface area contributed by atoms with Gasteiger partial charge in [-0.15, -0.1) is 6.58 Å². The molecule has 2 aromatic rings. The molecule has 0 radical (unpaired) electrons. The van der Waals surface area contributed by atoms with E-state index in [9.17, 15) is 0 Å². The van der Waals surface area contributed by atoms with Gasteiger partial charge in [0.2, 0.25) is 11.7 Å². The summed E-state index contributed by atoms with van der Waals surface area (Å²) in [5, 5.41) is 6.96. The Hall–Kier alpha value is -2.01. The fourth-order valence-electron chi connectivity index (χ4n) is 1.22. The third-order valence-corrected chi connectivity index (χ3v) is 1.95. The molecule has 0 saturated carbocycles. The molecule has 5 nitrogen and oxygen atoms in total. The van der Waals surface area contributed by atoms with Gasteiger partial charge >= 0.3 is 0 Å². The van der Waals surface area contributed by atoms with Gasteiger partial charge in [0.05, 0.1) is 6.54 Å². The first-order valence-electron chi connectivity index (χ1n) is 4.95. The van der Waals surface area contributed by atoms with Crippen LogP contribution < -0.4 is 5.32 Å². The molecule has 0 bridgehead atoms. The summed E-state index contributed by atoms with van der Waals surface area (Å²) in [6.07, 6.45) is 5.18. The number of hydrogen-bond donors (Lipinski definition) is 1. The van der Waals surface area contributed by atoms with E-state index in [1.807, 2.05) is 12.1 Å². The Kier molecular flexibility index (Phi) is 3.40. The van der Waals surface area contributed by atoms with E-state index in [1.165, 1.54) is 0 Å². The second kappa shape index (κ2) is 5.18. The Balaban J connectivity index is 2.05. The molecule has 0 spiro atoms. The number of pyridine rings is 1. The minimum atomic E-state index is 0.541. The van der Waals surface area contributed by atoms with Crippen molar-refractivity contribution in [3.63, 3.8) is 0 Å². The lowest BCUT2D eigenvalue weighted by Gasteiger charge is -1.93. The first-order valence-corrected chi connectivity index (χ1v) is 4.95. The quantitative estimate of drug-likeness (QED) is 0.604. The molecular weight excluding hydrogens is 204 g/mol. The molecule has 82 valence electrons. The molecule has 1 N–H and O–H groups in total. The van der Waals surface area contributed by atoms with E-state index in [0.717, 1.165) is 5.56 Å². The van der Waals surface area contributed by atoms with Gasteiger partial charge in [0.25, 0.3) is 0 Å². The highest BCUT2D eigenvalue weighted by molar-refractivity contribution is 5.51.